The van der Waals surface area contributed by atoms with E-state index in [0.29, 0.717) is 0 Å². The van der Waals surface area contributed by atoms with E-state index in [1.54, 1.807) is 23.1 Å². The fourth-order valence-corrected chi connectivity index (χ4v) is 1.96. The van der Waals surface area contributed by atoms with Crippen molar-refractivity contribution in [1.29, 1.82) is 0 Å². The van der Waals surface area contributed by atoms with Crippen molar-refractivity contribution in [2.75, 3.05) is 13.7 Å². The van der Waals surface area contributed by atoms with Gasteiger partial charge in [-0.05, 0) is 24.6 Å². The molecule has 1 unspecified atom stereocenters. The molecule has 0 spiro atoms. The molecule has 0 aliphatic carbocycles. The number of aryl methyl sites for hydroxylation is 1. The average molecular weight is 278 g/mol. The summed E-state index contributed by atoms with van der Waals surface area (Å²) in [4.78, 5) is 4.17. The Bertz CT molecular complexity index is 570. The summed E-state index contributed by atoms with van der Waals surface area (Å²) in [7, 11) is 3.31. The largest absolute Gasteiger partial charge is 0.494 e. The van der Waals surface area contributed by atoms with Gasteiger partial charge >= 0.3 is 0 Å². The van der Waals surface area contributed by atoms with Crippen LogP contribution < -0.4 is 10.1 Å². The Kier molecular flexibility index (Phi) is 4.68. The molecule has 2 aromatic rings. The molecule has 0 fully saturated rings. The highest BCUT2D eigenvalue weighted by Crippen LogP contribution is 2.22. The minimum atomic E-state index is -0.346. The minimum absolute atomic E-state index is 0.105. The van der Waals surface area contributed by atoms with Crippen molar-refractivity contribution >= 4 is 0 Å². The molecule has 1 aromatic carbocycles. The van der Waals surface area contributed by atoms with Crippen molar-refractivity contribution in [2.24, 2.45) is 7.05 Å². The highest BCUT2D eigenvalue weighted by molar-refractivity contribution is 5.31. The summed E-state index contributed by atoms with van der Waals surface area (Å²) in [5.74, 6) is 0.729. The zero-order chi connectivity index (χ0) is 14.5. The number of ether oxygens (including phenoxy) is 1. The summed E-state index contributed by atoms with van der Waals surface area (Å²) >= 11 is 0. The van der Waals surface area contributed by atoms with Crippen molar-refractivity contribution in [3.8, 4) is 5.75 Å². The first-order chi connectivity index (χ1) is 9.60. The maximum absolute atomic E-state index is 13.3. The zero-order valence-electron chi connectivity index (χ0n) is 11.9. The highest BCUT2D eigenvalue weighted by Gasteiger charge is 2.09. The van der Waals surface area contributed by atoms with Gasteiger partial charge in [-0.3, -0.25) is 4.68 Å². The topological polar surface area (TPSA) is 52.0 Å². The van der Waals surface area contributed by atoms with Crippen LogP contribution in [0.25, 0.3) is 0 Å². The van der Waals surface area contributed by atoms with Gasteiger partial charge in [0.15, 0.2) is 17.4 Å². The first kappa shape index (κ1) is 14.5. The summed E-state index contributed by atoms with van der Waals surface area (Å²) in [5.41, 5.74) is 0.984. The Morgan fingerprint density at radius 3 is 2.90 bits per heavy atom. The third kappa shape index (κ3) is 3.54. The van der Waals surface area contributed by atoms with Crippen molar-refractivity contribution < 1.29 is 9.13 Å². The van der Waals surface area contributed by atoms with Crippen LogP contribution in [-0.2, 0) is 13.5 Å². The maximum atomic E-state index is 13.3. The average Bonchev–Trinajstić information content (AvgIpc) is 2.85. The van der Waals surface area contributed by atoms with Crippen molar-refractivity contribution in [2.45, 2.75) is 19.4 Å². The Labute approximate surface area is 117 Å². The van der Waals surface area contributed by atoms with E-state index in [0.717, 1.165) is 24.4 Å². The van der Waals surface area contributed by atoms with E-state index in [1.165, 1.54) is 13.2 Å². The molecule has 5 nitrogen and oxygen atoms in total. The standard InChI is InChI=1S/C14H19FN4O/c1-10(11-4-5-12(15)13(8-11)20-3)16-7-6-14-17-9-19(2)18-14/h4-5,8-10,16H,6-7H2,1-3H3. The van der Waals surface area contributed by atoms with Gasteiger partial charge in [0.25, 0.3) is 0 Å². The molecule has 0 saturated heterocycles. The van der Waals surface area contributed by atoms with E-state index in [1.807, 2.05) is 14.0 Å². The monoisotopic (exact) mass is 278 g/mol. The SMILES string of the molecule is COc1cc(C(C)NCCc2ncn(C)n2)ccc1F. The number of aromatic nitrogens is 3. The van der Waals surface area contributed by atoms with E-state index in [2.05, 4.69) is 15.4 Å². The predicted octanol–water partition coefficient (Wildman–Crippen LogP) is 1.86. The summed E-state index contributed by atoms with van der Waals surface area (Å²) in [6, 6.07) is 5.00. The summed E-state index contributed by atoms with van der Waals surface area (Å²) in [6.45, 7) is 2.78. The quantitative estimate of drug-likeness (QED) is 0.876. The fraction of sp³-hybridized carbons (Fsp3) is 0.429. The predicted molar refractivity (Wildman–Crippen MR) is 74.1 cm³/mol. The summed E-state index contributed by atoms with van der Waals surface area (Å²) < 4.78 is 20.0. The van der Waals surface area contributed by atoms with Gasteiger partial charge in [0.2, 0.25) is 0 Å². The van der Waals surface area contributed by atoms with Gasteiger partial charge in [0, 0.05) is 26.1 Å². The number of halogens is 1. The van der Waals surface area contributed by atoms with E-state index in [9.17, 15) is 4.39 Å². The maximum Gasteiger partial charge on any atom is 0.165 e. The molecular formula is C14H19FN4O. The van der Waals surface area contributed by atoms with E-state index in [-0.39, 0.29) is 17.6 Å². The Balaban J connectivity index is 1.89. The smallest absolute Gasteiger partial charge is 0.165 e. The number of methoxy groups -OCH3 is 1. The van der Waals surface area contributed by atoms with Crippen molar-refractivity contribution in [3.05, 3.63) is 41.7 Å². The van der Waals surface area contributed by atoms with Crippen molar-refractivity contribution in [1.82, 2.24) is 20.1 Å². The van der Waals surface area contributed by atoms with E-state index < -0.39 is 0 Å². The van der Waals surface area contributed by atoms with Gasteiger partial charge in [0.05, 0.1) is 7.11 Å². The van der Waals surface area contributed by atoms with Crippen LogP contribution in [0.15, 0.2) is 24.5 Å². The lowest BCUT2D eigenvalue weighted by atomic mass is 10.1. The lowest BCUT2D eigenvalue weighted by Crippen LogP contribution is -2.21. The number of hydrogen-bond acceptors (Lipinski definition) is 4. The second kappa shape index (κ2) is 6.47. The lowest BCUT2D eigenvalue weighted by Gasteiger charge is -2.15. The van der Waals surface area contributed by atoms with Gasteiger partial charge in [-0.1, -0.05) is 6.07 Å². The molecule has 6 heteroatoms. The molecule has 0 bridgehead atoms. The minimum Gasteiger partial charge on any atom is -0.494 e. The molecular weight excluding hydrogens is 259 g/mol. The molecule has 0 amide bonds. The van der Waals surface area contributed by atoms with Crippen LogP contribution in [0.1, 0.15) is 24.4 Å². The van der Waals surface area contributed by atoms with Crippen LogP contribution >= 0.6 is 0 Å². The normalized spacial score (nSPS) is 12.4. The molecule has 1 heterocycles. The molecule has 0 aliphatic heterocycles. The Morgan fingerprint density at radius 2 is 2.25 bits per heavy atom. The molecule has 1 aromatic heterocycles. The zero-order valence-corrected chi connectivity index (χ0v) is 11.9. The van der Waals surface area contributed by atoms with E-state index in [4.69, 9.17) is 4.74 Å². The summed E-state index contributed by atoms with van der Waals surface area (Å²) in [5, 5.41) is 7.58. The number of rotatable bonds is 6. The fourth-order valence-electron chi connectivity index (χ4n) is 1.96. The molecule has 20 heavy (non-hydrogen) atoms. The Hall–Kier alpha value is -1.95. The molecule has 0 saturated carbocycles. The van der Waals surface area contributed by atoms with Crippen LogP contribution in [0, 0.1) is 5.82 Å². The molecule has 0 radical (unpaired) electrons. The van der Waals surface area contributed by atoms with Crippen LogP contribution in [0.5, 0.6) is 5.75 Å². The second-order valence-electron chi connectivity index (χ2n) is 4.65. The number of benzene rings is 1. The van der Waals surface area contributed by atoms with Crippen molar-refractivity contribution in [3.63, 3.8) is 0 Å². The molecule has 1 atom stereocenters. The number of nitrogens with zero attached hydrogens (tertiary/aromatic N) is 3. The van der Waals surface area contributed by atoms with Crippen LogP contribution in [-0.4, -0.2) is 28.4 Å². The molecule has 0 aliphatic rings. The first-order valence-corrected chi connectivity index (χ1v) is 6.51. The van der Waals surface area contributed by atoms with Gasteiger partial charge < -0.3 is 10.1 Å². The molecule has 1 N–H and O–H groups in total. The first-order valence-electron chi connectivity index (χ1n) is 6.51. The summed E-state index contributed by atoms with van der Waals surface area (Å²) in [6.07, 6.45) is 2.44. The number of nitrogens with one attached hydrogen (secondary N) is 1. The lowest BCUT2D eigenvalue weighted by molar-refractivity contribution is 0.385. The Morgan fingerprint density at radius 1 is 1.45 bits per heavy atom. The van der Waals surface area contributed by atoms with Crippen LogP contribution in [0.3, 0.4) is 0 Å². The van der Waals surface area contributed by atoms with E-state index >= 15 is 0 Å². The third-order valence-electron chi connectivity index (χ3n) is 3.12. The molecule has 2 rings (SSSR count). The van der Waals surface area contributed by atoms with Crippen LogP contribution in [0.2, 0.25) is 0 Å². The van der Waals surface area contributed by atoms with Gasteiger partial charge in [-0.15, -0.1) is 0 Å². The van der Waals surface area contributed by atoms with Crippen LogP contribution in [0.4, 0.5) is 4.39 Å². The third-order valence-corrected chi connectivity index (χ3v) is 3.12. The second-order valence-corrected chi connectivity index (χ2v) is 4.65. The van der Waals surface area contributed by atoms with Gasteiger partial charge in [-0.25, -0.2) is 9.37 Å². The van der Waals surface area contributed by atoms with Gasteiger partial charge in [0.1, 0.15) is 6.33 Å². The number of hydrogen-bond donors (Lipinski definition) is 1. The highest BCUT2D eigenvalue weighted by atomic mass is 19.1. The van der Waals surface area contributed by atoms with Gasteiger partial charge in [-0.2, -0.15) is 5.10 Å². The molecule has 108 valence electrons.